The van der Waals surface area contributed by atoms with E-state index >= 15 is 0 Å². The number of benzene rings is 1. The van der Waals surface area contributed by atoms with Gasteiger partial charge in [0.05, 0.1) is 17.3 Å². The maximum atomic E-state index is 12.3. The summed E-state index contributed by atoms with van der Waals surface area (Å²) >= 11 is 0. The van der Waals surface area contributed by atoms with Crippen molar-refractivity contribution in [2.45, 2.75) is 77.1 Å². The molecular weight excluding hydrogens is 367 g/mol. The number of carbonyl (C=O) groups excluding carboxylic acids is 1. The van der Waals surface area contributed by atoms with Gasteiger partial charge in [-0.2, -0.15) is 5.26 Å². The van der Waals surface area contributed by atoms with Crippen LogP contribution in [0.1, 0.15) is 60.5 Å². The summed E-state index contributed by atoms with van der Waals surface area (Å²) in [6, 6.07) is 10.3. The Labute approximate surface area is 174 Å². The van der Waals surface area contributed by atoms with Gasteiger partial charge in [-0.3, -0.25) is 0 Å². The van der Waals surface area contributed by atoms with Crippen molar-refractivity contribution in [2.75, 3.05) is 13.1 Å². The molecule has 0 aliphatic carbocycles. The Kier molecular flexibility index (Phi) is 5.26. The lowest BCUT2D eigenvalue weighted by molar-refractivity contribution is -0.00918. The smallest absolute Gasteiger partial charge is 0.444 e. The fraction of sp³-hybridized carbons (Fsp3) is 0.636. The zero-order chi connectivity index (χ0) is 21.7. The number of ether oxygens (including phenoxy) is 1. The summed E-state index contributed by atoms with van der Waals surface area (Å²) in [5.74, 6) is 0. The largest absolute Gasteiger partial charge is 0.494 e. The van der Waals surface area contributed by atoms with Crippen LogP contribution in [0.15, 0.2) is 24.3 Å². The molecule has 0 aromatic heterocycles. The van der Waals surface area contributed by atoms with Gasteiger partial charge in [0.25, 0.3) is 0 Å². The first-order valence-electron chi connectivity index (χ1n) is 10.1. The Bertz CT molecular complexity index is 799. The number of amides is 1. The highest BCUT2D eigenvalue weighted by Gasteiger charge is 2.52. The minimum absolute atomic E-state index is 0.333. The maximum absolute atomic E-state index is 12.3. The van der Waals surface area contributed by atoms with Gasteiger partial charge in [-0.05, 0) is 59.5 Å². The number of nitrogens with zero attached hydrogens (tertiary/aromatic N) is 2. The van der Waals surface area contributed by atoms with Gasteiger partial charge >= 0.3 is 13.2 Å². The number of nitriles is 1. The van der Waals surface area contributed by atoms with E-state index in [4.69, 9.17) is 14.0 Å². The van der Waals surface area contributed by atoms with Gasteiger partial charge in [-0.15, -0.1) is 0 Å². The lowest BCUT2D eigenvalue weighted by atomic mass is 9.70. The van der Waals surface area contributed by atoms with E-state index in [0.29, 0.717) is 19.5 Å². The van der Waals surface area contributed by atoms with Crippen LogP contribution in [0.5, 0.6) is 0 Å². The van der Waals surface area contributed by atoms with Crippen LogP contribution in [0.4, 0.5) is 4.79 Å². The molecule has 0 unspecified atom stereocenters. The van der Waals surface area contributed by atoms with Gasteiger partial charge in [0.1, 0.15) is 5.60 Å². The number of hydrogen-bond donors (Lipinski definition) is 0. The molecule has 0 radical (unpaired) electrons. The standard InChI is InChI=1S/C22H31BN2O4/c1-19(2,3)27-18(26)25-14-22(15-25,12-13-24)16-8-10-17(11-9-16)23-28-20(4,5)21(6,7)29-23/h8-11H,12,14-15H2,1-7H3. The van der Waals surface area contributed by atoms with E-state index in [1.54, 1.807) is 4.90 Å². The van der Waals surface area contributed by atoms with E-state index < -0.39 is 12.7 Å². The predicted octanol–water partition coefficient (Wildman–Crippen LogP) is 3.39. The molecule has 0 spiro atoms. The van der Waals surface area contributed by atoms with Crippen molar-refractivity contribution >= 4 is 18.7 Å². The van der Waals surface area contributed by atoms with E-state index in [0.717, 1.165) is 11.0 Å². The Morgan fingerprint density at radius 2 is 1.66 bits per heavy atom. The molecule has 156 valence electrons. The molecule has 3 rings (SSSR count). The van der Waals surface area contributed by atoms with Gasteiger partial charge in [0.2, 0.25) is 0 Å². The van der Waals surface area contributed by atoms with Crippen LogP contribution in [0.2, 0.25) is 0 Å². The lowest BCUT2D eigenvalue weighted by Crippen LogP contribution is -2.61. The average Bonchev–Trinajstić information content (AvgIpc) is 2.77. The first-order chi connectivity index (χ1) is 13.3. The van der Waals surface area contributed by atoms with Crippen molar-refractivity contribution in [2.24, 2.45) is 0 Å². The summed E-state index contributed by atoms with van der Waals surface area (Å²) in [4.78, 5) is 14.0. The second kappa shape index (κ2) is 7.03. The molecule has 2 aliphatic heterocycles. The molecule has 2 heterocycles. The number of hydrogen-bond acceptors (Lipinski definition) is 5. The maximum Gasteiger partial charge on any atom is 0.494 e. The molecule has 1 aromatic carbocycles. The summed E-state index contributed by atoms with van der Waals surface area (Å²) in [5, 5.41) is 9.36. The van der Waals surface area contributed by atoms with Crippen LogP contribution in [0.3, 0.4) is 0 Å². The zero-order valence-electron chi connectivity index (χ0n) is 18.5. The van der Waals surface area contributed by atoms with Gasteiger partial charge in [0, 0.05) is 24.9 Å². The fourth-order valence-electron chi connectivity index (χ4n) is 3.66. The van der Waals surface area contributed by atoms with Crippen LogP contribution in [-0.2, 0) is 19.5 Å². The van der Waals surface area contributed by atoms with E-state index in [2.05, 4.69) is 6.07 Å². The fourth-order valence-corrected chi connectivity index (χ4v) is 3.66. The number of likely N-dealkylation sites (tertiary alicyclic amines) is 1. The van der Waals surface area contributed by atoms with Gasteiger partial charge in [-0.1, -0.05) is 24.3 Å². The molecule has 29 heavy (non-hydrogen) atoms. The van der Waals surface area contributed by atoms with Gasteiger partial charge in [-0.25, -0.2) is 4.79 Å². The molecule has 0 bridgehead atoms. The quantitative estimate of drug-likeness (QED) is 0.730. The van der Waals surface area contributed by atoms with Crippen molar-refractivity contribution in [3.8, 4) is 6.07 Å². The highest BCUT2D eigenvalue weighted by atomic mass is 16.7. The van der Waals surface area contributed by atoms with Gasteiger partial charge in [0.15, 0.2) is 0 Å². The Balaban J connectivity index is 1.73. The Morgan fingerprint density at radius 3 is 2.10 bits per heavy atom. The molecule has 0 saturated carbocycles. The van der Waals surface area contributed by atoms with Crippen LogP contribution in [-0.4, -0.2) is 48.0 Å². The van der Waals surface area contributed by atoms with E-state index in [1.165, 1.54) is 0 Å². The van der Waals surface area contributed by atoms with Crippen molar-refractivity contribution in [3.05, 3.63) is 29.8 Å². The van der Waals surface area contributed by atoms with Gasteiger partial charge < -0.3 is 18.9 Å². The highest BCUT2D eigenvalue weighted by molar-refractivity contribution is 6.62. The third kappa shape index (κ3) is 4.15. The molecule has 1 aromatic rings. The first-order valence-corrected chi connectivity index (χ1v) is 10.1. The van der Waals surface area contributed by atoms with E-state index in [-0.39, 0.29) is 22.7 Å². The van der Waals surface area contributed by atoms with Crippen molar-refractivity contribution in [1.29, 1.82) is 5.26 Å². The predicted molar refractivity (Wildman–Crippen MR) is 112 cm³/mol. The van der Waals surface area contributed by atoms with Crippen molar-refractivity contribution < 1.29 is 18.8 Å². The van der Waals surface area contributed by atoms with Crippen LogP contribution >= 0.6 is 0 Å². The minimum Gasteiger partial charge on any atom is -0.444 e. The molecule has 2 fully saturated rings. The lowest BCUT2D eigenvalue weighted by Gasteiger charge is -2.49. The normalized spacial score (nSPS) is 22.0. The van der Waals surface area contributed by atoms with Crippen LogP contribution < -0.4 is 5.46 Å². The molecule has 2 aliphatic rings. The molecule has 2 saturated heterocycles. The summed E-state index contributed by atoms with van der Waals surface area (Å²) in [5.41, 5.74) is 0.317. The SMILES string of the molecule is CC(C)(C)OC(=O)N1CC(CC#N)(c2ccc(B3OC(C)(C)C(C)(C)O3)cc2)C1. The molecule has 6 nitrogen and oxygen atoms in total. The molecule has 7 heteroatoms. The minimum atomic E-state index is -0.533. The monoisotopic (exact) mass is 398 g/mol. The third-order valence-corrected chi connectivity index (χ3v) is 6.10. The summed E-state index contributed by atoms with van der Waals surface area (Å²) in [6.45, 7) is 14.6. The zero-order valence-corrected chi connectivity index (χ0v) is 18.5. The Hall–Kier alpha value is -2.04. The summed E-state index contributed by atoms with van der Waals surface area (Å²) in [7, 11) is -0.416. The van der Waals surface area contributed by atoms with E-state index in [9.17, 15) is 10.1 Å². The number of carbonyl (C=O) groups is 1. The Morgan fingerprint density at radius 1 is 1.14 bits per heavy atom. The molecular formula is C22H31BN2O4. The topological polar surface area (TPSA) is 71.8 Å². The first kappa shape index (κ1) is 21.7. The average molecular weight is 398 g/mol. The molecule has 0 N–H and O–H groups in total. The third-order valence-electron chi connectivity index (χ3n) is 6.10. The van der Waals surface area contributed by atoms with Crippen LogP contribution in [0, 0.1) is 11.3 Å². The second-order valence-corrected chi connectivity index (χ2v) is 10.2. The molecule has 1 amide bonds. The molecule has 0 atom stereocenters. The summed E-state index contributed by atoms with van der Waals surface area (Å²) < 4.78 is 17.7. The van der Waals surface area contributed by atoms with Crippen molar-refractivity contribution in [3.63, 3.8) is 0 Å². The van der Waals surface area contributed by atoms with E-state index in [1.807, 2.05) is 72.7 Å². The number of rotatable bonds is 3. The van der Waals surface area contributed by atoms with Crippen LogP contribution in [0.25, 0.3) is 0 Å². The highest BCUT2D eigenvalue weighted by Crippen LogP contribution is 2.39. The summed E-state index contributed by atoms with van der Waals surface area (Å²) in [6.07, 6.45) is 0.0159. The van der Waals surface area contributed by atoms with Crippen molar-refractivity contribution in [1.82, 2.24) is 4.90 Å². The second-order valence-electron chi connectivity index (χ2n) is 10.2.